The largest absolute Gasteiger partial charge is 0.474 e. The van der Waals surface area contributed by atoms with E-state index in [9.17, 15) is 14.4 Å². The van der Waals surface area contributed by atoms with Crippen LogP contribution in [-0.4, -0.2) is 57.4 Å². The van der Waals surface area contributed by atoms with E-state index in [4.69, 9.17) is 30.5 Å². The summed E-state index contributed by atoms with van der Waals surface area (Å²) in [5, 5.41) is 0.454. The fourth-order valence-electron chi connectivity index (χ4n) is 3.18. The van der Waals surface area contributed by atoms with Gasteiger partial charge in [-0.1, -0.05) is 11.6 Å². The zero-order valence-electron chi connectivity index (χ0n) is 17.5. The van der Waals surface area contributed by atoms with Crippen LogP contribution in [0.25, 0.3) is 11.1 Å². The molecule has 0 aromatic carbocycles. The predicted octanol–water partition coefficient (Wildman–Crippen LogP) is 3.04. The van der Waals surface area contributed by atoms with Gasteiger partial charge in [-0.3, -0.25) is 24.4 Å². The Kier molecular flexibility index (Phi) is 7.92. The molecule has 3 rings (SSSR count). The molecule has 1 aliphatic heterocycles. The van der Waals surface area contributed by atoms with Crippen LogP contribution in [0.15, 0.2) is 36.9 Å². The Hall–Kier alpha value is -2.85. The Morgan fingerprint density at radius 3 is 2.31 bits per heavy atom. The van der Waals surface area contributed by atoms with E-state index in [1.807, 2.05) is 0 Å². The normalized spacial score (nSPS) is 22.5. The molecule has 0 N–H and O–H groups in total. The van der Waals surface area contributed by atoms with Crippen LogP contribution in [0.3, 0.4) is 0 Å². The number of nitrogens with zero attached hydrogens (tertiary/aromatic N) is 2. The number of pyridine rings is 2. The highest BCUT2D eigenvalue weighted by molar-refractivity contribution is 7.99. The predicted molar refractivity (Wildman–Crippen MR) is 116 cm³/mol. The number of esters is 3. The number of hydrogen-bond donors (Lipinski definition) is 0. The van der Waals surface area contributed by atoms with Gasteiger partial charge >= 0.3 is 17.9 Å². The summed E-state index contributed by atoms with van der Waals surface area (Å²) in [6.07, 6.45) is 3.42. The molecule has 4 atom stereocenters. The molecule has 3 heterocycles. The number of aromatic nitrogens is 2. The number of ether oxygens (including phenoxy) is 4. The molecule has 11 heteroatoms. The van der Waals surface area contributed by atoms with E-state index >= 15 is 0 Å². The molecule has 2 aromatic rings. The first-order valence-corrected chi connectivity index (χ1v) is 11.0. The molecule has 1 fully saturated rings. The molecule has 2 aromatic heterocycles. The van der Waals surface area contributed by atoms with E-state index in [0.29, 0.717) is 16.3 Å². The number of carbonyl (C=O) groups is 3. The van der Waals surface area contributed by atoms with Gasteiger partial charge in [0.1, 0.15) is 5.75 Å². The number of hydrogen-bond acceptors (Lipinski definition) is 10. The highest BCUT2D eigenvalue weighted by Gasteiger charge is 2.47. The summed E-state index contributed by atoms with van der Waals surface area (Å²) in [5.41, 5.74) is 0.675. The minimum Gasteiger partial charge on any atom is -0.474 e. The summed E-state index contributed by atoms with van der Waals surface area (Å²) in [5.74, 6) is -1.09. The van der Waals surface area contributed by atoms with Gasteiger partial charge in [-0.2, -0.15) is 0 Å². The van der Waals surface area contributed by atoms with Gasteiger partial charge in [0, 0.05) is 56.2 Å². The van der Waals surface area contributed by atoms with Gasteiger partial charge in [-0.05, 0) is 12.1 Å². The molecule has 170 valence electrons. The van der Waals surface area contributed by atoms with E-state index in [1.165, 1.54) is 44.9 Å². The van der Waals surface area contributed by atoms with Crippen LogP contribution in [0.2, 0.25) is 5.02 Å². The monoisotopic (exact) mass is 480 g/mol. The minimum atomic E-state index is -1.03. The quantitative estimate of drug-likeness (QED) is 0.451. The molecular formula is C21H21ClN2O7S. The molecule has 0 spiro atoms. The van der Waals surface area contributed by atoms with Gasteiger partial charge in [0.05, 0.1) is 11.2 Å². The summed E-state index contributed by atoms with van der Waals surface area (Å²) in [4.78, 5) is 43.2. The van der Waals surface area contributed by atoms with Crippen LogP contribution in [0, 0.1) is 0 Å². The Bertz CT molecular complexity index is 1010. The van der Waals surface area contributed by atoms with Crippen molar-refractivity contribution in [2.24, 2.45) is 0 Å². The summed E-state index contributed by atoms with van der Waals surface area (Å²) in [7, 11) is 0. The van der Waals surface area contributed by atoms with Crippen molar-refractivity contribution in [3.63, 3.8) is 0 Å². The molecule has 0 bridgehead atoms. The fourth-order valence-corrected chi connectivity index (χ4v) is 4.63. The Morgan fingerprint density at radius 2 is 1.66 bits per heavy atom. The van der Waals surface area contributed by atoms with Gasteiger partial charge in [0.25, 0.3) is 0 Å². The number of halogens is 1. The lowest BCUT2D eigenvalue weighted by molar-refractivity contribution is -0.186. The van der Waals surface area contributed by atoms with Gasteiger partial charge in [0.15, 0.2) is 23.7 Å². The standard InChI is InChI=1S/C21H21ClN2O7S/c1-11(25)28-18-10-32-21(20(30-13(3)27)19(18)29-12(2)26)31-15-6-14(7-24-8-15)16-4-5-23-9-17(16)22/h4-9,18-21H,10H2,1-3H3/t18-,19+,20-,21+/m1/s1. The number of rotatable bonds is 6. The van der Waals surface area contributed by atoms with E-state index in [-0.39, 0.29) is 5.75 Å². The van der Waals surface area contributed by atoms with Crippen molar-refractivity contribution in [1.82, 2.24) is 9.97 Å². The number of carbonyl (C=O) groups excluding carboxylic acids is 3. The van der Waals surface area contributed by atoms with Crippen LogP contribution in [0.1, 0.15) is 20.8 Å². The molecule has 0 radical (unpaired) electrons. The van der Waals surface area contributed by atoms with E-state index in [0.717, 1.165) is 5.56 Å². The van der Waals surface area contributed by atoms with Crippen molar-refractivity contribution in [1.29, 1.82) is 0 Å². The van der Waals surface area contributed by atoms with Crippen molar-refractivity contribution in [3.05, 3.63) is 41.9 Å². The fraction of sp³-hybridized carbons (Fsp3) is 0.381. The molecule has 1 aliphatic rings. The van der Waals surface area contributed by atoms with Crippen molar-refractivity contribution in [2.75, 3.05) is 5.75 Å². The van der Waals surface area contributed by atoms with Gasteiger partial charge in [-0.25, -0.2) is 0 Å². The second-order valence-corrected chi connectivity index (χ2v) is 8.42. The topological polar surface area (TPSA) is 114 Å². The maximum Gasteiger partial charge on any atom is 0.303 e. The van der Waals surface area contributed by atoms with Crippen LogP contribution >= 0.6 is 23.4 Å². The van der Waals surface area contributed by atoms with E-state index in [2.05, 4.69) is 9.97 Å². The van der Waals surface area contributed by atoms with Crippen molar-refractivity contribution in [3.8, 4) is 16.9 Å². The van der Waals surface area contributed by atoms with Gasteiger partial charge in [-0.15, -0.1) is 11.8 Å². The van der Waals surface area contributed by atoms with Crippen LogP contribution in [-0.2, 0) is 28.6 Å². The second-order valence-electron chi connectivity index (χ2n) is 6.88. The maximum absolute atomic E-state index is 11.8. The Morgan fingerprint density at radius 1 is 0.969 bits per heavy atom. The summed E-state index contributed by atoms with van der Waals surface area (Å²) in [6, 6.07) is 3.49. The van der Waals surface area contributed by atoms with Gasteiger partial charge < -0.3 is 18.9 Å². The zero-order chi connectivity index (χ0) is 23.3. The molecule has 1 saturated heterocycles. The highest BCUT2D eigenvalue weighted by Crippen LogP contribution is 2.35. The lowest BCUT2D eigenvalue weighted by Crippen LogP contribution is -2.55. The van der Waals surface area contributed by atoms with Crippen molar-refractivity contribution >= 4 is 41.3 Å². The van der Waals surface area contributed by atoms with E-state index < -0.39 is 41.7 Å². The molecule has 0 saturated carbocycles. The molecule has 32 heavy (non-hydrogen) atoms. The minimum absolute atomic E-state index is 0.267. The van der Waals surface area contributed by atoms with Crippen molar-refractivity contribution < 1.29 is 33.3 Å². The first kappa shape index (κ1) is 23.8. The molecular weight excluding hydrogens is 460 g/mol. The summed E-state index contributed by atoms with van der Waals surface area (Å²) < 4.78 is 22.2. The van der Waals surface area contributed by atoms with Crippen LogP contribution in [0.4, 0.5) is 0 Å². The third-order valence-electron chi connectivity index (χ3n) is 4.35. The second kappa shape index (κ2) is 10.6. The molecule has 0 unspecified atom stereocenters. The Balaban J connectivity index is 1.88. The van der Waals surface area contributed by atoms with Gasteiger partial charge in [0.2, 0.25) is 0 Å². The third kappa shape index (κ3) is 6.10. The maximum atomic E-state index is 11.8. The van der Waals surface area contributed by atoms with Crippen LogP contribution < -0.4 is 4.74 Å². The summed E-state index contributed by atoms with van der Waals surface area (Å²) >= 11 is 7.49. The smallest absolute Gasteiger partial charge is 0.303 e. The Labute approximate surface area is 193 Å². The molecule has 9 nitrogen and oxygen atoms in total. The zero-order valence-corrected chi connectivity index (χ0v) is 19.1. The number of thioether (sulfide) groups is 1. The average Bonchev–Trinajstić information content (AvgIpc) is 2.72. The lowest BCUT2D eigenvalue weighted by Gasteiger charge is -2.39. The third-order valence-corrected chi connectivity index (χ3v) is 5.87. The summed E-state index contributed by atoms with van der Waals surface area (Å²) in [6.45, 7) is 3.70. The van der Waals surface area contributed by atoms with E-state index in [1.54, 1.807) is 24.5 Å². The first-order valence-electron chi connectivity index (χ1n) is 9.59. The van der Waals surface area contributed by atoms with Crippen LogP contribution in [0.5, 0.6) is 5.75 Å². The molecule has 0 amide bonds. The average molecular weight is 481 g/mol. The SMILES string of the molecule is CC(=O)O[C@@H]1[C@@H](OC(C)=O)[C@@H](Oc2cncc(-c3ccncc3Cl)c2)SC[C@H]1OC(C)=O. The first-order chi connectivity index (χ1) is 15.2. The van der Waals surface area contributed by atoms with Crippen molar-refractivity contribution in [2.45, 2.75) is 44.5 Å². The lowest BCUT2D eigenvalue weighted by atomic mass is 10.1. The highest BCUT2D eigenvalue weighted by atomic mass is 35.5. The molecule has 0 aliphatic carbocycles.